The SMILES string of the molecule is CCOC(=O)/C=C/C=C/[C@@H]1CC=CC[C@H]1CO[Si](C)(C)C(C)(C)C. The Kier molecular flexibility index (Phi) is 8.17. The lowest BCUT2D eigenvalue weighted by molar-refractivity contribution is -0.137. The van der Waals surface area contributed by atoms with Crippen LogP contribution in [0, 0.1) is 11.8 Å². The van der Waals surface area contributed by atoms with E-state index < -0.39 is 8.32 Å². The molecule has 1 aliphatic rings. The van der Waals surface area contributed by atoms with Gasteiger partial charge in [0.15, 0.2) is 8.32 Å². The molecule has 0 aromatic rings. The van der Waals surface area contributed by atoms with Crippen molar-refractivity contribution in [1.29, 1.82) is 0 Å². The van der Waals surface area contributed by atoms with Crippen molar-refractivity contribution in [2.24, 2.45) is 11.8 Å². The minimum Gasteiger partial charge on any atom is -0.463 e. The Labute approximate surface area is 148 Å². The Balaban J connectivity index is 2.60. The van der Waals surface area contributed by atoms with E-state index in [9.17, 15) is 4.79 Å². The maximum atomic E-state index is 11.3. The maximum Gasteiger partial charge on any atom is 0.330 e. The summed E-state index contributed by atoms with van der Waals surface area (Å²) in [4.78, 5) is 11.3. The Morgan fingerprint density at radius 2 is 1.88 bits per heavy atom. The lowest BCUT2D eigenvalue weighted by atomic mass is 9.83. The predicted molar refractivity (Wildman–Crippen MR) is 103 cm³/mol. The summed E-state index contributed by atoms with van der Waals surface area (Å²) in [5.74, 6) is 0.687. The summed E-state index contributed by atoms with van der Waals surface area (Å²) in [6.07, 6.45) is 14.0. The van der Waals surface area contributed by atoms with Crippen LogP contribution in [0.1, 0.15) is 40.5 Å². The maximum absolute atomic E-state index is 11.3. The summed E-state index contributed by atoms with van der Waals surface area (Å²) < 4.78 is 11.3. The van der Waals surface area contributed by atoms with Crippen molar-refractivity contribution in [2.75, 3.05) is 13.2 Å². The fraction of sp³-hybridized carbons (Fsp3) is 0.650. The van der Waals surface area contributed by atoms with Crippen LogP contribution in [0.15, 0.2) is 36.5 Å². The van der Waals surface area contributed by atoms with E-state index in [-0.39, 0.29) is 11.0 Å². The van der Waals surface area contributed by atoms with Crippen LogP contribution in [-0.4, -0.2) is 27.5 Å². The Morgan fingerprint density at radius 1 is 1.21 bits per heavy atom. The molecule has 0 N–H and O–H groups in total. The molecule has 0 amide bonds. The molecule has 0 fully saturated rings. The molecule has 0 unspecified atom stereocenters. The second kappa shape index (κ2) is 9.38. The number of carbonyl (C=O) groups is 1. The van der Waals surface area contributed by atoms with Gasteiger partial charge in [-0.3, -0.25) is 0 Å². The molecular weight excluding hydrogens is 316 g/mol. The van der Waals surface area contributed by atoms with Crippen LogP contribution in [0.3, 0.4) is 0 Å². The first-order valence-corrected chi connectivity index (χ1v) is 11.9. The molecule has 1 rings (SSSR count). The van der Waals surface area contributed by atoms with Crippen LogP contribution in [-0.2, 0) is 14.0 Å². The third-order valence-electron chi connectivity index (χ3n) is 5.07. The lowest BCUT2D eigenvalue weighted by Crippen LogP contribution is -2.42. The molecule has 0 aliphatic heterocycles. The molecule has 0 spiro atoms. The van der Waals surface area contributed by atoms with Gasteiger partial charge in [0, 0.05) is 12.7 Å². The van der Waals surface area contributed by atoms with Crippen molar-refractivity contribution in [1.82, 2.24) is 0 Å². The fourth-order valence-electron chi connectivity index (χ4n) is 2.38. The summed E-state index contributed by atoms with van der Waals surface area (Å²) in [6, 6.07) is 0. The number of allylic oxidation sites excluding steroid dienone is 5. The standard InChI is InChI=1S/C20H34O3Si/c1-7-22-19(21)15-11-10-13-17-12-8-9-14-18(17)16-23-24(5,6)20(2,3)4/h8-11,13,15,17-18H,7,12,14,16H2,1-6H3/b13-10+,15-11+/t17-,18-/m0/s1. The summed E-state index contributed by atoms with van der Waals surface area (Å²) in [5.41, 5.74) is 0. The smallest absolute Gasteiger partial charge is 0.330 e. The number of carbonyl (C=O) groups excluding carboxylic acids is 1. The Bertz CT molecular complexity index is 484. The Morgan fingerprint density at radius 3 is 2.50 bits per heavy atom. The molecule has 0 radical (unpaired) electrons. The molecule has 0 saturated heterocycles. The molecule has 24 heavy (non-hydrogen) atoms. The Hall–Kier alpha value is -1.13. The highest BCUT2D eigenvalue weighted by Gasteiger charge is 2.38. The zero-order valence-corrected chi connectivity index (χ0v) is 17.2. The molecule has 1 aliphatic carbocycles. The zero-order valence-electron chi connectivity index (χ0n) is 16.2. The van der Waals surface area contributed by atoms with Crippen molar-refractivity contribution in [3.63, 3.8) is 0 Å². The largest absolute Gasteiger partial charge is 0.463 e. The topological polar surface area (TPSA) is 35.5 Å². The number of esters is 1. The molecule has 0 bridgehead atoms. The van der Waals surface area contributed by atoms with Gasteiger partial charge >= 0.3 is 5.97 Å². The molecule has 0 saturated carbocycles. The van der Waals surface area contributed by atoms with Crippen molar-refractivity contribution < 1.29 is 14.0 Å². The van der Waals surface area contributed by atoms with Gasteiger partial charge in [-0.2, -0.15) is 0 Å². The predicted octanol–water partition coefficient (Wildman–Crippen LogP) is 5.27. The minimum atomic E-state index is -1.70. The van der Waals surface area contributed by atoms with Gasteiger partial charge in [0.1, 0.15) is 0 Å². The first kappa shape index (κ1) is 20.9. The van der Waals surface area contributed by atoms with Crippen LogP contribution >= 0.6 is 0 Å². The first-order chi connectivity index (χ1) is 11.2. The number of hydrogen-bond donors (Lipinski definition) is 0. The summed E-state index contributed by atoms with van der Waals surface area (Å²) >= 11 is 0. The molecule has 0 aromatic heterocycles. The second-order valence-corrected chi connectivity index (χ2v) is 12.7. The number of rotatable bonds is 7. The highest BCUT2D eigenvalue weighted by Crippen LogP contribution is 2.38. The van der Waals surface area contributed by atoms with E-state index in [4.69, 9.17) is 9.16 Å². The van der Waals surface area contributed by atoms with Crippen LogP contribution < -0.4 is 0 Å². The van der Waals surface area contributed by atoms with E-state index in [0.29, 0.717) is 18.4 Å². The molecule has 0 aromatic carbocycles. The third-order valence-corrected chi connectivity index (χ3v) is 9.57. The molecule has 3 nitrogen and oxygen atoms in total. The molecule has 0 heterocycles. The van der Waals surface area contributed by atoms with E-state index in [0.717, 1.165) is 19.4 Å². The minimum absolute atomic E-state index is 0.241. The second-order valence-electron chi connectivity index (χ2n) is 7.93. The van der Waals surface area contributed by atoms with E-state index in [1.807, 2.05) is 13.0 Å². The van der Waals surface area contributed by atoms with Crippen LogP contribution in [0.5, 0.6) is 0 Å². The molecular formula is C20H34O3Si. The first-order valence-electron chi connectivity index (χ1n) is 8.98. The third kappa shape index (κ3) is 6.77. The van der Waals surface area contributed by atoms with Crippen LogP contribution in [0.4, 0.5) is 0 Å². The van der Waals surface area contributed by atoms with Gasteiger partial charge in [-0.05, 0) is 49.7 Å². The van der Waals surface area contributed by atoms with E-state index >= 15 is 0 Å². The highest BCUT2D eigenvalue weighted by molar-refractivity contribution is 6.74. The van der Waals surface area contributed by atoms with Gasteiger partial charge in [0.2, 0.25) is 0 Å². The lowest BCUT2D eigenvalue weighted by Gasteiger charge is -2.38. The molecule has 136 valence electrons. The van der Waals surface area contributed by atoms with E-state index in [2.05, 4.69) is 52.1 Å². The van der Waals surface area contributed by atoms with Gasteiger partial charge in [0.25, 0.3) is 0 Å². The van der Waals surface area contributed by atoms with Gasteiger partial charge in [-0.15, -0.1) is 0 Å². The van der Waals surface area contributed by atoms with Crippen molar-refractivity contribution in [3.05, 3.63) is 36.5 Å². The normalized spacial score (nSPS) is 22.4. The fourth-order valence-corrected chi connectivity index (χ4v) is 3.45. The van der Waals surface area contributed by atoms with Crippen molar-refractivity contribution in [3.8, 4) is 0 Å². The summed E-state index contributed by atoms with van der Waals surface area (Å²) in [6.45, 7) is 14.5. The van der Waals surface area contributed by atoms with Crippen molar-refractivity contribution >= 4 is 14.3 Å². The quantitative estimate of drug-likeness (QED) is 0.206. The van der Waals surface area contributed by atoms with Gasteiger partial charge in [-0.1, -0.05) is 51.2 Å². The van der Waals surface area contributed by atoms with E-state index in [1.165, 1.54) is 6.08 Å². The zero-order chi connectivity index (χ0) is 18.2. The van der Waals surface area contributed by atoms with Gasteiger partial charge in [0.05, 0.1) is 6.61 Å². The van der Waals surface area contributed by atoms with Gasteiger partial charge < -0.3 is 9.16 Å². The molecule has 2 atom stereocenters. The molecule has 4 heteroatoms. The number of ether oxygens (including phenoxy) is 1. The average molecular weight is 351 g/mol. The van der Waals surface area contributed by atoms with Gasteiger partial charge in [-0.25, -0.2) is 4.79 Å². The van der Waals surface area contributed by atoms with E-state index in [1.54, 1.807) is 6.08 Å². The van der Waals surface area contributed by atoms with Crippen LogP contribution in [0.25, 0.3) is 0 Å². The number of hydrogen-bond acceptors (Lipinski definition) is 3. The summed E-state index contributed by atoms with van der Waals surface area (Å²) in [5, 5.41) is 0.241. The monoisotopic (exact) mass is 350 g/mol. The summed E-state index contributed by atoms with van der Waals surface area (Å²) in [7, 11) is -1.70. The highest BCUT2D eigenvalue weighted by atomic mass is 28.4. The van der Waals surface area contributed by atoms with Crippen LogP contribution in [0.2, 0.25) is 18.1 Å². The van der Waals surface area contributed by atoms with Crippen molar-refractivity contribution in [2.45, 2.75) is 58.7 Å². The average Bonchev–Trinajstić information content (AvgIpc) is 2.49.